The minimum Gasteiger partial charge on any atom is -0.493 e. The SMILES string of the molecule is O=C(Cl)c1c(Cc2ccccc2)c2ccc(OCCCN3CCN(Cc4ccc(Cl)cc4)CC3)cc2oc1=O. The molecule has 4 aromatic rings. The van der Waals surface area contributed by atoms with E-state index in [-0.39, 0.29) is 5.56 Å². The molecule has 5 rings (SSSR count). The van der Waals surface area contributed by atoms with E-state index in [1.54, 1.807) is 6.07 Å². The Morgan fingerprint density at radius 1 is 0.897 bits per heavy atom. The van der Waals surface area contributed by atoms with Crippen molar-refractivity contribution < 1.29 is 13.9 Å². The molecule has 0 atom stereocenters. The Kier molecular flexibility index (Phi) is 8.99. The van der Waals surface area contributed by atoms with E-state index >= 15 is 0 Å². The van der Waals surface area contributed by atoms with Crippen LogP contribution in [0.15, 0.2) is 82.0 Å². The second-order valence-electron chi connectivity index (χ2n) is 9.78. The highest BCUT2D eigenvalue weighted by Gasteiger charge is 2.21. The highest BCUT2D eigenvalue weighted by molar-refractivity contribution is 6.68. The summed E-state index contributed by atoms with van der Waals surface area (Å²) in [6.45, 7) is 6.58. The minimum atomic E-state index is -0.817. The van der Waals surface area contributed by atoms with Crippen molar-refractivity contribution in [3.05, 3.63) is 110 Å². The molecule has 39 heavy (non-hydrogen) atoms. The molecule has 1 saturated heterocycles. The zero-order valence-electron chi connectivity index (χ0n) is 21.6. The summed E-state index contributed by atoms with van der Waals surface area (Å²) in [6.07, 6.45) is 1.28. The molecule has 1 fully saturated rings. The van der Waals surface area contributed by atoms with E-state index in [0.717, 1.165) is 56.3 Å². The van der Waals surface area contributed by atoms with E-state index in [9.17, 15) is 9.59 Å². The Morgan fingerprint density at radius 3 is 2.33 bits per heavy atom. The molecule has 0 aliphatic carbocycles. The highest BCUT2D eigenvalue weighted by Crippen LogP contribution is 2.27. The molecule has 0 bridgehead atoms. The Balaban J connectivity index is 1.16. The monoisotopic (exact) mass is 564 g/mol. The van der Waals surface area contributed by atoms with Crippen molar-refractivity contribution in [3.8, 4) is 5.75 Å². The Hall–Kier alpha value is -3.16. The fraction of sp³-hybridized carbons (Fsp3) is 0.290. The number of carbonyl (C=O) groups is 1. The molecule has 3 aromatic carbocycles. The minimum absolute atomic E-state index is 0.116. The van der Waals surface area contributed by atoms with Gasteiger partial charge in [0.2, 0.25) is 0 Å². The first kappa shape index (κ1) is 27.4. The Labute approximate surface area is 237 Å². The van der Waals surface area contributed by atoms with Gasteiger partial charge in [-0.15, -0.1) is 0 Å². The average molecular weight is 565 g/mol. The molecule has 1 aliphatic rings. The number of nitrogens with zero attached hydrogens (tertiary/aromatic N) is 2. The summed E-state index contributed by atoms with van der Waals surface area (Å²) < 4.78 is 11.5. The van der Waals surface area contributed by atoms with Crippen LogP contribution in [0.4, 0.5) is 0 Å². The smallest absolute Gasteiger partial charge is 0.348 e. The van der Waals surface area contributed by atoms with Gasteiger partial charge < -0.3 is 14.1 Å². The third-order valence-electron chi connectivity index (χ3n) is 7.08. The number of halogens is 2. The van der Waals surface area contributed by atoms with E-state index in [1.165, 1.54) is 5.56 Å². The molecular formula is C31H30Cl2N2O4. The number of fused-ring (bicyclic) bond motifs is 1. The van der Waals surface area contributed by atoms with Crippen LogP contribution in [-0.4, -0.2) is 54.4 Å². The van der Waals surface area contributed by atoms with Gasteiger partial charge in [-0.25, -0.2) is 4.79 Å². The number of benzene rings is 3. The van der Waals surface area contributed by atoms with Crippen LogP contribution in [0.3, 0.4) is 0 Å². The molecule has 6 nitrogen and oxygen atoms in total. The van der Waals surface area contributed by atoms with Crippen molar-refractivity contribution >= 4 is 39.4 Å². The molecule has 0 unspecified atom stereocenters. The number of carbonyl (C=O) groups excluding carboxylic acids is 1. The highest BCUT2D eigenvalue weighted by atomic mass is 35.5. The summed E-state index contributed by atoms with van der Waals surface area (Å²) in [5.41, 5.74) is 2.34. The van der Waals surface area contributed by atoms with Crippen molar-refractivity contribution in [1.82, 2.24) is 9.80 Å². The molecular weight excluding hydrogens is 535 g/mol. The lowest BCUT2D eigenvalue weighted by Gasteiger charge is -2.34. The summed E-state index contributed by atoms with van der Waals surface area (Å²) in [6, 6.07) is 23.1. The predicted molar refractivity (Wildman–Crippen MR) is 155 cm³/mol. The van der Waals surface area contributed by atoms with Crippen molar-refractivity contribution in [2.75, 3.05) is 39.3 Å². The van der Waals surface area contributed by atoms with Gasteiger partial charge in [-0.2, -0.15) is 0 Å². The molecule has 1 aromatic heterocycles. The van der Waals surface area contributed by atoms with Crippen LogP contribution in [0.1, 0.15) is 33.5 Å². The maximum atomic E-state index is 12.6. The topological polar surface area (TPSA) is 63.0 Å². The fourth-order valence-electron chi connectivity index (χ4n) is 5.01. The predicted octanol–water partition coefficient (Wildman–Crippen LogP) is 6.00. The van der Waals surface area contributed by atoms with E-state index in [4.69, 9.17) is 32.4 Å². The first-order chi connectivity index (χ1) is 19.0. The van der Waals surface area contributed by atoms with Gasteiger partial charge in [-0.3, -0.25) is 9.69 Å². The molecule has 0 amide bonds. The second kappa shape index (κ2) is 12.8. The third kappa shape index (κ3) is 7.08. The first-order valence-electron chi connectivity index (χ1n) is 13.1. The summed E-state index contributed by atoms with van der Waals surface area (Å²) in [4.78, 5) is 29.6. The van der Waals surface area contributed by atoms with Gasteiger partial charge >= 0.3 is 5.63 Å². The largest absolute Gasteiger partial charge is 0.493 e. The summed E-state index contributed by atoms with van der Waals surface area (Å²) in [7, 11) is 0. The number of hydrogen-bond donors (Lipinski definition) is 0. The van der Waals surface area contributed by atoms with Gasteiger partial charge in [0.05, 0.1) is 6.61 Å². The quantitative estimate of drug-likeness (QED) is 0.134. The molecule has 0 radical (unpaired) electrons. The molecule has 0 saturated carbocycles. The van der Waals surface area contributed by atoms with Crippen molar-refractivity contribution in [2.45, 2.75) is 19.4 Å². The van der Waals surface area contributed by atoms with E-state index in [0.29, 0.717) is 35.3 Å². The van der Waals surface area contributed by atoms with Gasteiger partial charge in [-0.05, 0) is 65.4 Å². The van der Waals surface area contributed by atoms with Gasteiger partial charge in [-0.1, -0.05) is 54.1 Å². The summed E-state index contributed by atoms with van der Waals surface area (Å²) in [5.74, 6) is 0.619. The zero-order valence-corrected chi connectivity index (χ0v) is 23.1. The van der Waals surface area contributed by atoms with Gasteiger partial charge in [0, 0.05) is 55.7 Å². The number of piperazine rings is 1. The summed E-state index contributed by atoms with van der Waals surface area (Å²) in [5, 5.41) is 0.623. The molecule has 0 spiro atoms. The lowest BCUT2D eigenvalue weighted by atomic mass is 9.97. The maximum Gasteiger partial charge on any atom is 0.348 e. The molecule has 8 heteroatoms. The van der Waals surface area contributed by atoms with Crippen molar-refractivity contribution in [3.63, 3.8) is 0 Å². The van der Waals surface area contributed by atoms with E-state index < -0.39 is 10.9 Å². The molecule has 2 heterocycles. The van der Waals surface area contributed by atoms with Crippen LogP contribution in [0.5, 0.6) is 5.75 Å². The molecule has 202 valence electrons. The van der Waals surface area contributed by atoms with Gasteiger partial charge in [0.15, 0.2) is 0 Å². The van der Waals surface area contributed by atoms with Crippen LogP contribution in [-0.2, 0) is 13.0 Å². The average Bonchev–Trinajstić information content (AvgIpc) is 2.93. The van der Waals surface area contributed by atoms with Crippen LogP contribution in [0.25, 0.3) is 11.0 Å². The van der Waals surface area contributed by atoms with Gasteiger partial charge in [0.1, 0.15) is 16.9 Å². The van der Waals surface area contributed by atoms with Crippen molar-refractivity contribution in [2.24, 2.45) is 0 Å². The van der Waals surface area contributed by atoms with Crippen LogP contribution < -0.4 is 10.4 Å². The number of hydrogen-bond acceptors (Lipinski definition) is 6. The second-order valence-corrected chi connectivity index (χ2v) is 10.6. The van der Waals surface area contributed by atoms with Crippen LogP contribution in [0.2, 0.25) is 5.02 Å². The Bertz CT molecular complexity index is 1480. The zero-order chi connectivity index (χ0) is 27.2. The number of rotatable bonds is 10. The third-order valence-corrected chi connectivity index (χ3v) is 7.52. The van der Waals surface area contributed by atoms with E-state index in [2.05, 4.69) is 21.9 Å². The summed E-state index contributed by atoms with van der Waals surface area (Å²) >= 11 is 11.8. The maximum absolute atomic E-state index is 12.6. The Morgan fingerprint density at radius 2 is 1.62 bits per heavy atom. The van der Waals surface area contributed by atoms with E-state index in [1.807, 2.05) is 54.6 Å². The van der Waals surface area contributed by atoms with Crippen LogP contribution in [0, 0.1) is 0 Å². The van der Waals surface area contributed by atoms with Crippen molar-refractivity contribution in [1.29, 1.82) is 0 Å². The standard InChI is InChI=1S/C31H30Cl2N2O4/c32-24-9-7-23(8-10-24)21-35-16-14-34(15-17-35)13-4-18-38-25-11-12-26-27(19-22-5-2-1-3-6-22)29(30(33)36)31(37)39-28(26)20-25/h1-3,5-12,20H,4,13-19,21H2. The number of ether oxygens (including phenoxy) is 1. The first-order valence-corrected chi connectivity index (χ1v) is 13.9. The molecule has 1 aliphatic heterocycles. The normalized spacial score (nSPS) is 14.5. The molecule has 0 N–H and O–H groups in total. The lowest BCUT2D eigenvalue weighted by molar-refractivity contribution is 0.107. The van der Waals surface area contributed by atoms with Gasteiger partial charge in [0.25, 0.3) is 5.24 Å². The van der Waals surface area contributed by atoms with Crippen LogP contribution >= 0.6 is 23.2 Å². The lowest BCUT2D eigenvalue weighted by Crippen LogP contribution is -2.46. The fourth-order valence-corrected chi connectivity index (χ4v) is 5.33.